The minimum atomic E-state index is -2.57. The molecule has 0 saturated heterocycles. The fraction of sp³-hybridized carbons (Fsp3) is 0.167. The second kappa shape index (κ2) is 38.3. The van der Waals surface area contributed by atoms with Crippen LogP contribution in [0.5, 0.6) is 0 Å². The molecule has 0 fully saturated rings. The van der Waals surface area contributed by atoms with Gasteiger partial charge in [-0.15, -0.1) is 6.42 Å². The number of amides is 4. The Balaban J connectivity index is 0.000000585. The van der Waals surface area contributed by atoms with Crippen LogP contribution >= 0.6 is 45.2 Å². The zero-order valence-corrected chi connectivity index (χ0v) is 59.2. The van der Waals surface area contributed by atoms with E-state index < -0.39 is 68.6 Å². The number of nitrogens with zero attached hydrogens (tertiary/aromatic N) is 7. The Morgan fingerprint density at radius 2 is 0.806 bits per heavy atom. The number of terminal acetylenes is 1. The van der Waals surface area contributed by atoms with Crippen molar-refractivity contribution in [3.63, 3.8) is 0 Å². The van der Waals surface area contributed by atoms with Crippen molar-refractivity contribution in [2.24, 2.45) is 13.1 Å². The van der Waals surface area contributed by atoms with Crippen LogP contribution in [-0.4, -0.2) is 133 Å². The number of anilines is 7. The highest BCUT2D eigenvalue weighted by atomic mass is 127. The van der Waals surface area contributed by atoms with Gasteiger partial charge in [0.1, 0.15) is 23.3 Å². The van der Waals surface area contributed by atoms with Gasteiger partial charge in [0, 0.05) is 161 Å². The Hall–Kier alpha value is -9.58. The number of nitrogens with two attached hydrogens (primary N) is 6. The molecular weight excluding hydrogens is 1500 g/mol. The zero-order chi connectivity index (χ0) is 71.2. The number of aromatic carboxylic acids is 1. The number of rotatable bonds is 5. The summed E-state index contributed by atoms with van der Waals surface area (Å²) in [5, 5.41) is 18.6. The maximum Gasteiger partial charge on any atom is 0.337 e. The maximum absolute atomic E-state index is 12.0. The first-order chi connectivity index (χ1) is 42.8. The molecule has 492 valence electrons. The summed E-state index contributed by atoms with van der Waals surface area (Å²) in [7, 11) is -9.70. The number of aromatic nitrogens is 4. The number of carbonyl (C=O) groups is 6. The smallest absolute Gasteiger partial charge is 0.337 e. The van der Waals surface area contributed by atoms with E-state index in [0.29, 0.717) is 58.1 Å². The lowest BCUT2D eigenvalue weighted by molar-refractivity contribution is -0.134. The number of hydrogen-bond donors (Lipinski definition) is 10. The molecule has 7 aromatic rings. The molecule has 0 bridgehead atoms. The lowest BCUT2D eigenvalue weighted by Gasteiger charge is -2.02. The van der Waals surface area contributed by atoms with E-state index in [4.69, 9.17) is 60.6 Å². The standard InChI is InChI=1S/C18H18N4O3S.C16H16N4O2S.C8H10IN3O2S.C8H7N.C6H5IN2O2.C2H7NOS.C2H4O2/c1-12(23)21-16-6-4-5-13(9-16)7-8-14-10-15(11-20-17(14)19)18(24)22-26(2,3)25;1-23(2,22)20-16(21)13-9-12(15(18)19-10-13)7-6-11-4-3-5-14(17)8-11;1-15(2,14)12-8(13)5-3-6(9)7(10)11-4-5;1-2-7-4-3-5-8(9)6-7;7-4-1-3(6(10)11)2-9-5(4)8;1-5(2,3)4;1-2(3)4/h4-6,9-11H,1-3H3,(H2,19,20)(H,21,23);3-5,8-10H,17H2,1-2H3,(H2,18,19);3-4H,1-2H3,(H2,10,11);1,3-6H,9H2;1-2H,(H2,8,9)(H,10,11);3H,1-2H3;1H3,(H,3,4). The van der Waals surface area contributed by atoms with Gasteiger partial charge in [0.15, 0.2) is 0 Å². The first kappa shape index (κ1) is 81.4. The van der Waals surface area contributed by atoms with Crippen LogP contribution < -0.4 is 39.7 Å². The number of carbonyl (C=O) groups excluding carboxylic acids is 4. The van der Waals surface area contributed by atoms with Crippen LogP contribution in [0.25, 0.3) is 0 Å². The van der Waals surface area contributed by atoms with Gasteiger partial charge in [0.2, 0.25) is 5.91 Å². The van der Waals surface area contributed by atoms with Crippen LogP contribution in [0.3, 0.4) is 0 Å². The minimum absolute atomic E-state index is 0.156. The van der Waals surface area contributed by atoms with E-state index in [1.807, 2.05) is 57.3 Å². The van der Waals surface area contributed by atoms with Gasteiger partial charge in [-0.1, -0.05) is 47.8 Å². The highest BCUT2D eigenvalue weighted by Gasteiger charge is 2.12. The summed E-state index contributed by atoms with van der Waals surface area (Å²) < 4.78 is 63.0. The molecule has 3 aromatic carbocycles. The third-order valence-electron chi connectivity index (χ3n) is 9.28. The number of aliphatic carboxylic acids is 1. The third-order valence-corrected chi connectivity index (χ3v) is 12.8. The van der Waals surface area contributed by atoms with E-state index in [2.05, 4.69) is 67.9 Å². The molecule has 0 saturated carbocycles. The average molecular weight is 1570 g/mol. The first-order valence-corrected chi connectivity index (χ1v) is 37.1. The number of halogens is 2. The van der Waals surface area contributed by atoms with Gasteiger partial charge >= 0.3 is 5.97 Å². The van der Waals surface area contributed by atoms with E-state index in [1.54, 1.807) is 66.7 Å². The van der Waals surface area contributed by atoms with E-state index in [-0.39, 0.29) is 34.2 Å². The van der Waals surface area contributed by atoms with Crippen molar-refractivity contribution in [2.45, 2.75) is 13.8 Å². The van der Waals surface area contributed by atoms with Gasteiger partial charge in [0.25, 0.3) is 23.7 Å². The number of hydrogen-bond acceptors (Lipinski definition) is 21. The highest BCUT2D eigenvalue weighted by Crippen LogP contribution is 2.17. The highest BCUT2D eigenvalue weighted by molar-refractivity contribution is 14.1. The lowest BCUT2D eigenvalue weighted by Crippen LogP contribution is -2.05. The summed E-state index contributed by atoms with van der Waals surface area (Å²) >= 11 is 3.90. The first-order valence-electron chi connectivity index (χ1n) is 25.5. The summed E-state index contributed by atoms with van der Waals surface area (Å²) in [5.41, 5.74) is 39.3. The van der Waals surface area contributed by atoms with E-state index in [9.17, 15) is 40.8 Å². The Morgan fingerprint density at radius 3 is 1.13 bits per heavy atom. The predicted octanol–water partition coefficient (Wildman–Crippen LogP) is 7.14. The van der Waals surface area contributed by atoms with Crippen LogP contribution in [-0.2, 0) is 48.5 Å². The second-order valence-electron chi connectivity index (χ2n) is 19.4. The van der Waals surface area contributed by atoms with Gasteiger partial charge in [-0.2, -0.15) is 13.1 Å². The van der Waals surface area contributed by atoms with Gasteiger partial charge in [-0.25, -0.2) is 37.4 Å². The van der Waals surface area contributed by atoms with Crippen molar-refractivity contribution in [3.05, 3.63) is 179 Å². The van der Waals surface area contributed by atoms with Crippen molar-refractivity contribution in [1.29, 1.82) is 4.78 Å². The van der Waals surface area contributed by atoms with Gasteiger partial charge in [0.05, 0.1) is 40.5 Å². The molecule has 4 amide bonds. The van der Waals surface area contributed by atoms with Gasteiger partial charge in [-0.05, 0) is 124 Å². The van der Waals surface area contributed by atoms with Crippen LogP contribution in [0, 0.1) is 47.9 Å². The Morgan fingerprint density at radius 1 is 0.495 bits per heavy atom. The molecule has 0 spiro atoms. The minimum Gasteiger partial charge on any atom is -0.481 e. The predicted molar refractivity (Wildman–Crippen MR) is 386 cm³/mol. The molecule has 0 atom stereocenters. The van der Waals surface area contributed by atoms with Crippen molar-refractivity contribution >= 4 is 160 Å². The molecule has 0 aliphatic rings. The second-order valence-corrected chi connectivity index (χ2v) is 31.9. The van der Waals surface area contributed by atoms with Crippen LogP contribution in [0.2, 0.25) is 0 Å². The molecule has 0 aliphatic carbocycles. The van der Waals surface area contributed by atoms with Crippen molar-refractivity contribution < 1.29 is 55.8 Å². The van der Waals surface area contributed by atoms with E-state index >= 15 is 0 Å². The molecule has 0 unspecified atom stereocenters. The monoisotopic (exact) mass is 1570 g/mol. The number of carboxylic acids is 2. The topological polar surface area (TPSA) is 492 Å². The molecule has 4 aromatic heterocycles. The van der Waals surface area contributed by atoms with Gasteiger partial charge in [-0.3, -0.25) is 33.0 Å². The summed E-state index contributed by atoms with van der Waals surface area (Å²) in [5.74, 6) is 11.3. The molecule has 7 rings (SSSR count). The Labute approximate surface area is 567 Å². The average Bonchev–Trinajstić information content (AvgIpc) is 1.01. The van der Waals surface area contributed by atoms with Crippen molar-refractivity contribution in [1.82, 2.24) is 19.9 Å². The fourth-order valence-electron chi connectivity index (χ4n) is 5.67. The molecule has 93 heavy (non-hydrogen) atoms. The largest absolute Gasteiger partial charge is 0.481 e. The summed E-state index contributed by atoms with van der Waals surface area (Å²) in [6, 6.07) is 27.3. The third kappa shape index (κ3) is 37.4. The molecule has 4 heterocycles. The number of carboxylic acid groups (broad SMARTS) is 2. The van der Waals surface area contributed by atoms with Crippen LogP contribution in [0.4, 0.5) is 40.3 Å². The van der Waals surface area contributed by atoms with Crippen molar-refractivity contribution in [3.8, 4) is 36.0 Å². The zero-order valence-electron chi connectivity index (χ0n) is 51.6. The van der Waals surface area contributed by atoms with E-state index in [1.165, 1.54) is 100.0 Å². The van der Waals surface area contributed by atoms with Crippen molar-refractivity contribution in [2.75, 3.05) is 89.8 Å². The molecule has 16 N–H and O–H groups in total. The summed E-state index contributed by atoms with van der Waals surface area (Å²) in [4.78, 5) is 81.4. The number of nitrogen functional groups attached to an aromatic ring is 6. The Bertz CT molecular complexity index is 4610. The number of nitrogens with one attached hydrogen (secondary N) is 2. The number of benzene rings is 3. The van der Waals surface area contributed by atoms with E-state index in [0.717, 1.165) is 18.1 Å². The SMILES string of the molecule is C#Cc1cccc(N)c1.CC(=O)Nc1cccc(C#Cc2cc(C(=O)N=S(C)(C)=O)cnc2N)c1.CC(=O)O.CS(C)(=N)=O.CS(C)(=O)=NC(=O)c1cnc(N)c(C#Cc2cccc(N)c2)c1.CS(C)(=O)=NC(=O)c1cnc(N)c(I)c1.Nc1ncc(C(=O)O)cc1I. The molecule has 0 aliphatic heterocycles. The fourth-order valence-corrected chi connectivity index (χ4v) is 8.14. The van der Waals surface area contributed by atoms with Crippen LogP contribution in [0.1, 0.15) is 83.1 Å². The molecule has 27 nitrogen and oxygen atoms in total. The quantitative estimate of drug-likeness (QED) is 0.0465. The number of pyridine rings is 4. The van der Waals surface area contributed by atoms with Crippen LogP contribution in [0.15, 0.2) is 135 Å². The Kier molecular flexibility index (Phi) is 33.5. The lowest BCUT2D eigenvalue weighted by atomic mass is 10.1. The normalized spacial score (nSPS) is 10.1. The summed E-state index contributed by atoms with van der Waals surface area (Å²) in [6.07, 6.45) is 21.3. The summed E-state index contributed by atoms with van der Waals surface area (Å²) in [6.45, 7) is 2.50. The molecular formula is C60H67I2N15O12S4. The molecule has 33 heteroatoms. The maximum atomic E-state index is 12.0. The molecule has 0 radical (unpaired) electrons. The van der Waals surface area contributed by atoms with Gasteiger partial charge < -0.3 is 49.9 Å².